The molecule has 3 heteroatoms. The molecule has 0 spiro atoms. The van der Waals surface area contributed by atoms with Gasteiger partial charge in [-0.1, -0.05) is 0 Å². The number of hydrogen-bond donors (Lipinski definition) is 1. The van der Waals surface area contributed by atoms with Crippen molar-refractivity contribution in [1.82, 2.24) is 0 Å². The van der Waals surface area contributed by atoms with Crippen LogP contribution in [0, 0.1) is 5.92 Å². The molecule has 1 N–H and O–H groups in total. The van der Waals surface area contributed by atoms with E-state index in [4.69, 9.17) is 4.74 Å². The van der Waals surface area contributed by atoms with Gasteiger partial charge in [0, 0.05) is 17.3 Å². The van der Waals surface area contributed by atoms with Crippen molar-refractivity contribution < 1.29 is 9.84 Å². The third kappa shape index (κ3) is 1.88. The molecule has 2 fully saturated rings. The second kappa shape index (κ2) is 3.79. The third-order valence-electron chi connectivity index (χ3n) is 3.33. The summed E-state index contributed by atoms with van der Waals surface area (Å²) in [6.45, 7) is 1.65. The van der Waals surface area contributed by atoms with Crippen LogP contribution in [0.2, 0.25) is 0 Å². The molecule has 2 aliphatic rings. The number of ether oxygens (including phenoxy) is 1. The molecule has 1 aliphatic carbocycles. The van der Waals surface area contributed by atoms with Gasteiger partial charge in [0.2, 0.25) is 0 Å². The largest absolute Gasteiger partial charge is 0.391 e. The number of aliphatic hydroxyl groups excluding tert-OH is 1. The molecule has 2 unspecified atom stereocenters. The van der Waals surface area contributed by atoms with Gasteiger partial charge >= 0.3 is 0 Å². The maximum Gasteiger partial charge on any atom is 0.0736 e. The van der Waals surface area contributed by atoms with Gasteiger partial charge in [0.1, 0.15) is 0 Å². The molecule has 0 amide bonds. The van der Waals surface area contributed by atoms with Crippen molar-refractivity contribution in [3.63, 3.8) is 0 Å². The molecule has 2 rings (SSSR count). The normalized spacial score (nSPS) is 34.2. The van der Waals surface area contributed by atoms with E-state index < -0.39 is 0 Å². The van der Waals surface area contributed by atoms with Crippen molar-refractivity contribution in [1.29, 1.82) is 0 Å². The van der Waals surface area contributed by atoms with Gasteiger partial charge in [-0.15, -0.1) is 0 Å². The van der Waals surface area contributed by atoms with Crippen molar-refractivity contribution in [3.8, 4) is 0 Å². The summed E-state index contributed by atoms with van der Waals surface area (Å²) in [5.74, 6) is 0.392. The van der Waals surface area contributed by atoms with Gasteiger partial charge in [-0.2, -0.15) is 11.8 Å². The number of rotatable bonds is 3. The van der Waals surface area contributed by atoms with Gasteiger partial charge in [-0.3, -0.25) is 0 Å². The summed E-state index contributed by atoms with van der Waals surface area (Å²) in [5.41, 5.74) is 0. The van der Waals surface area contributed by atoms with E-state index >= 15 is 0 Å². The van der Waals surface area contributed by atoms with Crippen molar-refractivity contribution in [2.24, 2.45) is 5.92 Å². The highest BCUT2D eigenvalue weighted by molar-refractivity contribution is 8.00. The van der Waals surface area contributed by atoms with Crippen LogP contribution in [0.1, 0.15) is 25.7 Å². The number of aliphatic hydroxyl groups is 1. The Morgan fingerprint density at radius 3 is 2.77 bits per heavy atom. The van der Waals surface area contributed by atoms with Gasteiger partial charge in [0.25, 0.3) is 0 Å². The zero-order valence-electron chi connectivity index (χ0n) is 8.16. The van der Waals surface area contributed by atoms with Crippen LogP contribution in [0.4, 0.5) is 0 Å². The van der Waals surface area contributed by atoms with E-state index in [0.717, 1.165) is 26.1 Å². The molecule has 0 aromatic carbocycles. The van der Waals surface area contributed by atoms with Crippen LogP contribution in [0.15, 0.2) is 0 Å². The first-order chi connectivity index (χ1) is 6.28. The van der Waals surface area contributed by atoms with Crippen LogP contribution >= 0.6 is 11.8 Å². The lowest BCUT2D eigenvalue weighted by molar-refractivity contribution is -0.0122. The molecule has 0 aromatic heterocycles. The van der Waals surface area contributed by atoms with E-state index in [2.05, 4.69) is 6.26 Å². The molecule has 1 saturated carbocycles. The van der Waals surface area contributed by atoms with E-state index in [-0.39, 0.29) is 10.9 Å². The Kier molecular flexibility index (Phi) is 2.86. The highest BCUT2D eigenvalue weighted by Crippen LogP contribution is 2.52. The van der Waals surface area contributed by atoms with E-state index in [1.807, 2.05) is 11.8 Å². The highest BCUT2D eigenvalue weighted by atomic mass is 32.2. The predicted molar refractivity (Wildman–Crippen MR) is 55.0 cm³/mol. The summed E-state index contributed by atoms with van der Waals surface area (Å²) in [7, 11) is 0. The van der Waals surface area contributed by atoms with Gasteiger partial charge < -0.3 is 9.84 Å². The first-order valence-electron chi connectivity index (χ1n) is 5.09. The zero-order chi connectivity index (χ0) is 9.31. The Balaban J connectivity index is 1.91. The minimum absolute atomic E-state index is 0.136. The lowest BCUT2D eigenvalue weighted by atomic mass is 9.93. The molecule has 1 aliphatic heterocycles. The van der Waals surface area contributed by atoms with Gasteiger partial charge in [0.05, 0.1) is 12.7 Å². The lowest BCUT2D eigenvalue weighted by Gasteiger charge is -2.31. The summed E-state index contributed by atoms with van der Waals surface area (Å²) in [6.07, 6.45) is 6.61. The van der Waals surface area contributed by atoms with Crippen LogP contribution in [-0.2, 0) is 4.74 Å². The van der Waals surface area contributed by atoms with Crippen LogP contribution in [0.25, 0.3) is 0 Å². The Labute approximate surface area is 84.0 Å². The minimum atomic E-state index is -0.136. The monoisotopic (exact) mass is 202 g/mol. The fourth-order valence-corrected chi connectivity index (χ4v) is 3.13. The minimum Gasteiger partial charge on any atom is -0.391 e. The van der Waals surface area contributed by atoms with Crippen LogP contribution in [0.5, 0.6) is 0 Å². The quantitative estimate of drug-likeness (QED) is 0.755. The maximum atomic E-state index is 10.2. The Bertz CT molecular complexity index is 174. The molecule has 1 heterocycles. The molecule has 0 bridgehead atoms. The molecule has 2 nitrogen and oxygen atoms in total. The molecule has 0 aromatic rings. The third-order valence-corrected chi connectivity index (χ3v) is 4.79. The molecule has 0 radical (unpaired) electrons. The molecule has 76 valence electrons. The topological polar surface area (TPSA) is 29.5 Å². The smallest absolute Gasteiger partial charge is 0.0736 e. The Morgan fingerprint density at radius 2 is 2.31 bits per heavy atom. The van der Waals surface area contributed by atoms with E-state index in [1.165, 1.54) is 12.8 Å². The lowest BCUT2D eigenvalue weighted by Crippen LogP contribution is -2.37. The van der Waals surface area contributed by atoms with Gasteiger partial charge in [-0.25, -0.2) is 0 Å². The first-order valence-corrected chi connectivity index (χ1v) is 6.32. The van der Waals surface area contributed by atoms with Crippen molar-refractivity contribution in [3.05, 3.63) is 0 Å². The van der Waals surface area contributed by atoms with Gasteiger partial charge in [0.15, 0.2) is 0 Å². The average molecular weight is 202 g/mol. The standard InChI is InChI=1S/C10H18O2S/c1-13-10(4-5-10)9(11)8-3-2-6-12-7-8/h8-9,11H,2-7H2,1H3. The second-order valence-electron chi connectivity index (χ2n) is 4.19. The second-order valence-corrected chi connectivity index (χ2v) is 5.41. The molecular formula is C10H18O2S. The summed E-state index contributed by atoms with van der Waals surface area (Å²) in [6, 6.07) is 0. The fraction of sp³-hybridized carbons (Fsp3) is 1.00. The van der Waals surface area contributed by atoms with E-state index in [0.29, 0.717) is 5.92 Å². The summed E-state index contributed by atoms with van der Waals surface area (Å²) < 4.78 is 5.60. The Morgan fingerprint density at radius 1 is 1.54 bits per heavy atom. The number of thioether (sulfide) groups is 1. The van der Waals surface area contributed by atoms with Gasteiger partial charge in [-0.05, 0) is 31.9 Å². The van der Waals surface area contributed by atoms with Crippen LogP contribution in [0.3, 0.4) is 0 Å². The van der Waals surface area contributed by atoms with Crippen molar-refractivity contribution in [2.75, 3.05) is 19.5 Å². The molecule has 2 atom stereocenters. The van der Waals surface area contributed by atoms with Crippen molar-refractivity contribution >= 4 is 11.8 Å². The molecule has 13 heavy (non-hydrogen) atoms. The zero-order valence-corrected chi connectivity index (χ0v) is 8.98. The maximum absolute atomic E-state index is 10.2. The van der Waals surface area contributed by atoms with Crippen LogP contribution in [-0.4, -0.2) is 35.4 Å². The van der Waals surface area contributed by atoms with Crippen LogP contribution < -0.4 is 0 Å². The van der Waals surface area contributed by atoms with Crippen molar-refractivity contribution in [2.45, 2.75) is 36.5 Å². The summed E-state index contributed by atoms with van der Waals surface area (Å²) >= 11 is 1.83. The highest BCUT2D eigenvalue weighted by Gasteiger charge is 2.51. The van der Waals surface area contributed by atoms with E-state index in [1.54, 1.807) is 0 Å². The molecule has 1 saturated heterocycles. The Hall–Kier alpha value is 0.270. The predicted octanol–water partition coefficient (Wildman–Crippen LogP) is 1.67. The molecular weight excluding hydrogens is 184 g/mol. The fourth-order valence-electron chi connectivity index (χ4n) is 2.19. The first kappa shape index (κ1) is 9.81. The van der Waals surface area contributed by atoms with E-state index in [9.17, 15) is 5.11 Å². The summed E-state index contributed by atoms with van der Waals surface area (Å²) in [4.78, 5) is 0. The summed E-state index contributed by atoms with van der Waals surface area (Å²) in [5, 5.41) is 10.2. The average Bonchev–Trinajstić information content (AvgIpc) is 2.99. The number of hydrogen-bond acceptors (Lipinski definition) is 3. The SMILES string of the molecule is CSC1(C(O)C2CCCOC2)CC1.